The average molecular weight is 111 g/mol. The topological polar surface area (TPSA) is 43.1 Å². The Bertz CT molecular complexity index is 135. The maximum atomic E-state index is 9.88. The van der Waals surface area contributed by atoms with Crippen molar-refractivity contribution in [1.82, 2.24) is 0 Å². The zero-order valence-corrected chi connectivity index (χ0v) is 4.85. The van der Waals surface area contributed by atoms with E-state index in [2.05, 4.69) is 6.58 Å². The molecule has 0 aromatic heterocycles. The summed E-state index contributed by atoms with van der Waals surface area (Å²) in [5.41, 5.74) is 6.15. The van der Waals surface area contributed by atoms with Crippen LogP contribution in [-0.4, -0.2) is 6.29 Å². The highest BCUT2D eigenvalue weighted by molar-refractivity contribution is 5.72. The smallest absolute Gasteiger partial charge is 0.145 e. The molecule has 0 aliphatic rings. The molecule has 0 aromatic rings. The molecular weight excluding hydrogens is 102 g/mol. The van der Waals surface area contributed by atoms with Crippen molar-refractivity contribution in [1.29, 1.82) is 0 Å². The van der Waals surface area contributed by atoms with Crippen LogP contribution < -0.4 is 5.73 Å². The van der Waals surface area contributed by atoms with Crippen LogP contribution in [0.15, 0.2) is 23.9 Å². The Hall–Kier alpha value is -1.05. The largest absolute Gasteiger partial charge is 0.399 e. The van der Waals surface area contributed by atoms with Gasteiger partial charge in [-0.25, -0.2) is 0 Å². The van der Waals surface area contributed by atoms with Crippen LogP contribution in [0.5, 0.6) is 0 Å². The van der Waals surface area contributed by atoms with E-state index in [9.17, 15) is 4.79 Å². The van der Waals surface area contributed by atoms with Crippen LogP contribution in [-0.2, 0) is 4.79 Å². The summed E-state index contributed by atoms with van der Waals surface area (Å²) in [6.45, 7) is 5.06. The van der Waals surface area contributed by atoms with Gasteiger partial charge in [0.25, 0.3) is 0 Å². The van der Waals surface area contributed by atoms with Gasteiger partial charge in [-0.1, -0.05) is 6.58 Å². The van der Waals surface area contributed by atoms with Crippen LogP contribution in [0.1, 0.15) is 6.92 Å². The number of carbonyl (C=O) groups excluding carboxylic acids is 1. The molecule has 0 aromatic carbocycles. The molecule has 0 heterocycles. The molecule has 0 saturated heterocycles. The van der Waals surface area contributed by atoms with Gasteiger partial charge in [-0.05, 0) is 18.6 Å². The first-order valence-electron chi connectivity index (χ1n) is 2.24. The van der Waals surface area contributed by atoms with Crippen molar-refractivity contribution >= 4 is 6.29 Å². The minimum Gasteiger partial charge on any atom is -0.399 e. The SMILES string of the molecule is C=C(N)/C=C(\C)C=O. The number of nitrogens with two attached hydrogens (primary N) is 1. The molecule has 0 saturated carbocycles. The quantitative estimate of drug-likeness (QED) is 0.322. The molecule has 2 N–H and O–H groups in total. The second-order valence-electron chi connectivity index (χ2n) is 1.58. The lowest BCUT2D eigenvalue weighted by atomic mass is 10.3. The maximum absolute atomic E-state index is 9.88. The Morgan fingerprint density at radius 1 is 1.75 bits per heavy atom. The van der Waals surface area contributed by atoms with Gasteiger partial charge in [0.1, 0.15) is 6.29 Å². The molecule has 8 heavy (non-hydrogen) atoms. The number of hydrogen-bond donors (Lipinski definition) is 1. The van der Waals surface area contributed by atoms with Crippen molar-refractivity contribution in [3.63, 3.8) is 0 Å². The first kappa shape index (κ1) is 6.95. The highest BCUT2D eigenvalue weighted by atomic mass is 16.1. The molecule has 0 atom stereocenters. The summed E-state index contributed by atoms with van der Waals surface area (Å²) in [6, 6.07) is 0. The normalized spacial score (nSPS) is 10.9. The molecule has 44 valence electrons. The van der Waals surface area contributed by atoms with Crippen molar-refractivity contribution in [2.75, 3.05) is 0 Å². The lowest BCUT2D eigenvalue weighted by Crippen LogP contribution is -1.90. The number of aldehydes is 1. The molecule has 0 spiro atoms. The van der Waals surface area contributed by atoms with Crippen LogP contribution >= 0.6 is 0 Å². The van der Waals surface area contributed by atoms with Gasteiger partial charge in [-0.15, -0.1) is 0 Å². The first-order chi connectivity index (χ1) is 3.66. The zero-order valence-electron chi connectivity index (χ0n) is 4.85. The van der Waals surface area contributed by atoms with E-state index in [4.69, 9.17) is 5.73 Å². The van der Waals surface area contributed by atoms with Gasteiger partial charge in [0.05, 0.1) is 0 Å². The van der Waals surface area contributed by atoms with E-state index < -0.39 is 0 Å². The number of carbonyl (C=O) groups is 1. The maximum Gasteiger partial charge on any atom is 0.145 e. The number of rotatable bonds is 2. The van der Waals surface area contributed by atoms with Gasteiger partial charge in [0, 0.05) is 5.70 Å². The molecule has 0 amide bonds. The van der Waals surface area contributed by atoms with Crippen molar-refractivity contribution in [3.8, 4) is 0 Å². The second kappa shape index (κ2) is 3.02. The van der Waals surface area contributed by atoms with Crippen LogP contribution in [0.25, 0.3) is 0 Å². The van der Waals surface area contributed by atoms with Gasteiger partial charge >= 0.3 is 0 Å². The fourth-order valence-corrected chi connectivity index (χ4v) is 0.326. The third-order valence-electron chi connectivity index (χ3n) is 0.599. The predicted molar refractivity (Wildman–Crippen MR) is 33.1 cm³/mol. The highest BCUT2D eigenvalue weighted by Gasteiger charge is 1.81. The minimum absolute atomic E-state index is 0.412. The Balaban J connectivity index is 3.94. The number of hydrogen-bond acceptors (Lipinski definition) is 2. The molecule has 2 nitrogen and oxygen atoms in total. The van der Waals surface area contributed by atoms with E-state index in [0.717, 1.165) is 6.29 Å². The zero-order chi connectivity index (χ0) is 6.57. The Labute approximate surface area is 48.7 Å². The van der Waals surface area contributed by atoms with E-state index in [1.165, 1.54) is 6.08 Å². The van der Waals surface area contributed by atoms with Gasteiger partial charge in [-0.3, -0.25) is 4.79 Å². The first-order valence-corrected chi connectivity index (χ1v) is 2.24. The monoisotopic (exact) mass is 111 g/mol. The third kappa shape index (κ3) is 3.15. The van der Waals surface area contributed by atoms with Crippen LogP contribution in [0.2, 0.25) is 0 Å². The standard InChI is InChI=1S/C6H9NO/c1-5(4-8)3-6(2)7/h3-4H,2,7H2,1H3/b5-3+. The van der Waals surface area contributed by atoms with E-state index in [-0.39, 0.29) is 0 Å². The number of allylic oxidation sites excluding steroid dienone is 2. The summed E-state index contributed by atoms with van der Waals surface area (Å²) in [7, 11) is 0. The summed E-state index contributed by atoms with van der Waals surface area (Å²) in [4.78, 5) is 9.88. The van der Waals surface area contributed by atoms with E-state index >= 15 is 0 Å². The lowest BCUT2D eigenvalue weighted by molar-refractivity contribution is -0.104. The molecule has 0 aliphatic heterocycles. The molecule has 0 unspecified atom stereocenters. The minimum atomic E-state index is 0.412. The summed E-state index contributed by atoms with van der Waals surface area (Å²) >= 11 is 0. The van der Waals surface area contributed by atoms with Gasteiger partial charge < -0.3 is 5.73 Å². The molecule has 0 fully saturated rings. The molecule has 0 radical (unpaired) electrons. The van der Waals surface area contributed by atoms with Crippen molar-refractivity contribution in [2.45, 2.75) is 6.92 Å². The molecule has 0 rings (SSSR count). The molecular formula is C6H9NO. The summed E-state index contributed by atoms with van der Waals surface area (Å²) in [5.74, 6) is 0. The molecule has 2 heteroatoms. The lowest BCUT2D eigenvalue weighted by Gasteiger charge is -1.85. The summed E-state index contributed by atoms with van der Waals surface area (Å²) < 4.78 is 0. The Morgan fingerprint density at radius 3 is 2.38 bits per heavy atom. The van der Waals surface area contributed by atoms with Gasteiger partial charge in [0.2, 0.25) is 0 Å². The summed E-state index contributed by atoms with van der Waals surface area (Å²) in [5, 5.41) is 0. The molecule has 0 bridgehead atoms. The Kier molecular flexibility index (Phi) is 2.62. The predicted octanol–water partition coefficient (Wildman–Crippen LogP) is 0.604. The van der Waals surface area contributed by atoms with Crippen LogP contribution in [0.3, 0.4) is 0 Å². The molecule has 0 aliphatic carbocycles. The Morgan fingerprint density at radius 2 is 2.25 bits per heavy atom. The van der Waals surface area contributed by atoms with Crippen LogP contribution in [0.4, 0.5) is 0 Å². The average Bonchev–Trinajstić information content (AvgIpc) is 1.65. The fraction of sp³-hybridized carbons (Fsp3) is 0.167. The third-order valence-corrected chi connectivity index (χ3v) is 0.599. The second-order valence-corrected chi connectivity index (χ2v) is 1.58. The van der Waals surface area contributed by atoms with Gasteiger partial charge in [0.15, 0.2) is 0 Å². The summed E-state index contributed by atoms with van der Waals surface area (Å²) in [6.07, 6.45) is 2.26. The van der Waals surface area contributed by atoms with Crippen molar-refractivity contribution < 1.29 is 4.79 Å². The van der Waals surface area contributed by atoms with E-state index in [0.29, 0.717) is 11.3 Å². The van der Waals surface area contributed by atoms with E-state index in [1.54, 1.807) is 6.92 Å². The van der Waals surface area contributed by atoms with E-state index in [1.807, 2.05) is 0 Å². The highest BCUT2D eigenvalue weighted by Crippen LogP contribution is 1.88. The van der Waals surface area contributed by atoms with Gasteiger partial charge in [-0.2, -0.15) is 0 Å². The van der Waals surface area contributed by atoms with Crippen LogP contribution in [0, 0.1) is 0 Å². The van der Waals surface area contributed by atoms with Crippen molar-refractivity contribution in [3.05, 3.63) is 23.9 Å². The van der Waals surface area contributed by atoms with Crippen molar-refractivity contribution in [2.24, 2.45) is 5.73 Å². The fourth-order valence-electron chi connectivity index (χ4n) is 0.326.